The average molecular weight is 594 g/mol. The first-order valence-electron chi connectivity index (χ1n) is 13.5. The van der Waals surface area contributed by atoms with Gasteiger partial charge in [-0.25, -0.2) is 4.79 Å². The van der Waals surface area contributed by atoms with E-state index in [0.29, 0.717) is 28.1 Å². The van der Waals surface area contributed by atoms with E-state index in [0.717, 1.165) is 41.7 Å². The Morgan fingerprint density at radius 1 is 1.12 bits per heavy atom. The van der Waals surface area contributed by atoms with Crippen molar-refractivity contribution in [3.05, 3.63) is 81.9 Å². The van der Waals surface area contributed by atoms with Crippen LogP contribution in [0.3, 0.4) is 0 Å². The second-order valence-corrected chi connectivity index (χ2v) is 11.9. The highest BCUT2D eigenvalue weighted by Gasteiger charge is 2.29. The number of ether oxygens (including phenoxy) is 1. The molecule has 0 unspecified atom stereocenters. The minimum Gasteiger partial charge on any atom is -0.462 e. The summed E-state index contributed by atoms with van der Waals surface area (Å²) in [5, 5.41) is 15.0. The van der Waals surface area contributed by atoms with Crippen LogP contribution in [0.25, 0.3) is 0 Å². The molecule has 2 N–H and O–H groups in total. The van der Waals surface area contributed by atoms with E-state index >= 15 is 0 Å². The number of carbonyl (C=O) groups excluding carboxylic acids is 3. The van der Waals surface area contributed by atoms with Crippen LogP contribution in [0.4, 0.5) is 5.00 Å². The molecular weight excluding hydrogens is 562 g/mol. The predicted octanol–water partition coefficient (Wildman–Crippen LogP) is 5.09. The van der Waals surface area contributed by atoms with Crippen LogP contribution in [-0.4, -0.2) is 44.4 Å². The number of nitrogens with zero attached hydrogens (tertiary/aromatic N) is 3. The third-order valence-electron chi connectivity index (χ3n) is 6.67. The number of hydrogen-bond donors (Lipinski definition) is 2. The highest BCUT2D eigenvalue weighted by molar-refractivity contribution is 8.00. The number of aryl methyl sites for hydroxylation is 1. The lowest BCUT2D eigenvalue weighted by Crippen LogP contribution is -2.25. The first-order chi connectivity index (χ1) is 19.9. The molecule has 1 aliphatic rings. The summed E-state index contributed by atoms with van der Waals surface area (Å²) in [6.07, 6.45) is 5.22. The summed E-state index contributed by atoms with van der Waals surface area (Å²) in [7, 11) is 0. The largest absolute Gasteiger partial charge is 0.462 e. The number of amides is 2. The second kappa shape index (κ2) is 13.2. The third kappa shape index (κ3) is 6.71. The summed E-state index contributed by atoms with van der Waals surface area (Å²) in [5.74, 6) is -0.259. The molecule has 2 amide bonds. The lowest BCUT2D eigenvalue weighted by atomic mass is 9.95. The van der Waals surface area contributed by atoms with E-state index in [1.807, 2.05) is 34.9 Å². The Bertz CT molecular complexity index is 1510. The Labute approximate surface area is 245 Å². The number of benzene rings is 1. The molecule has 0 aliphatic heterocycles. The monoisotopic (exact) mass is 593 g/mol. The number of rotatable bonds is 11. The molecule has 5 rings (SSSR count). The quantitative estimate of drug-likeness (QED) is 0.182. The molecule has 0 fully saturated rings. The van der Waals surface area contributed by atoms with Crippen molar-refractivity contribution >= 4 is 45.9 Å². The van der Waals surface area contributed by atoms with E-state index < -0.39 is 11.2 Å². The molecule has 0 saturated heterocycles. The van der Waals surface area contributed by atoms with Gasteiger partial charge in [-0.05, 0) is 62.8 Å². The van der Waals surface area contributed by atoms with Crippen LogP contribution in [0.1, 0.15) is 69.4 Å². The Morgan fingerprint density at radius 2 is 1.93 bits per heavy atom. The molecule has 1 aromatic carbocycles. The van der Waals surface area contributed by atoms with Crippen LogP contribution in [0.2, 0.25) is 0 Å². The zero-order valence-electron chi connectivity index (χ0n) is 22.8. The van der Waals surface area contributed by atoms with Gasteiger partial charge in [-0.2, -0.15) is 0 Å². The van der Waals surface area contributed by atoms with Gasteiger partial charge in [0.1, 0.15) is 5.00 Å². The number of hydrogen-bond acceptors (Lipinski definition) is 9. The fraction of sp³-hybridized carbons (Fsp3) is 0.345. The molecule has 0 saturated carbocycles. The Hall–Kier alpha value is -3.90. The average Bonchev–Trinajstić information content (AvgIpc) is 3.72. The number of anilines is 1. The van der Waals surface area contributed by atoms with Crippen molar-refractivity contribution in [3.63, 3.8) is 0 Å². The summed E-state index contributed by atoms with van der Waals surface area (Å²) in [5.41, 5.74) is 2.51. The molecule has 12 heteroatoms. The zero-order chi connectivity index (χ0) is 28.8. The van der Waals surface area contributed by atoms with Gasteiger partial charge in [0.2, 0.25) is 5.91 Å². The van der Waals surface area contributed by atoms with Crippen molar-refractivity contribution in [2.75, 3.05) is 11.9 Å². The minimum absolute atomic E-state index is 0.129. The highest BCUT2D eigenvalue weighted by Crippen LogP contribution is 2.39. The maximum absolute atomic E-state index is 13.4. The Morgan fingerprint density at radius 3 is 2.68 bits per heavy atom. The van der Waals surface area contributed by atoms with Crippen LogP contribution < -0.4 is 10.6 Å². The molecule has 4 aromatic rings. The number of carbonyl (C=O) groups is 3. The van der Waals surface area contributed by atoms with Gasteiger partial charge in [-0.3, -0.25) is 9.59 Å². The van der Waals surface area contributed by atoms with E-state index in [2.05, 4.69) is 20.8 Å². The van der Waals surface area contributed by atoms with Gasteiger partial charge in [-0.15, -0.1) is 21.5 Å². The molecule has 0 spiro atoms. The van der Waals surface area contributed by atoms with Crippen molar-refractivity contribution < 1.29 is 23.5 Å². The van der Waals surface area contributed by atoms with Gasteiger partial charge in [0.15, 0.2) is 16.7 Å². The lowest BCUT2D eigenvalue weighted by Gasteiger charge is -2.15. The van der Waals surface area contributed by atoms with Gasteiger partial charge < -0.3 is 24.4 Å². The van der Waals surface area contributed by atoms with E-state index in [4.69, 9.17) is 9.15 Å². The molecule has 214 valence electrons. The van der Waals surface area contributed by atoms with Gasteiger partial charge in [0.05, 0.1) is 36.8 Å². The number of aromatic nitrogens is 3. The summed E-state index contributed by atoms with van der Waals surface area (Å²) in [4.78, 5) is 39.8. The maximum atomic E-state index is 13.4. The zero-order valence-corrected chi connectivity index (χ0v) is 24.5. The Balaban J connectivity index is 1.33. The maximum Gasteiger partial charge on any atom is 0.341 e. The number of furan rings is 1. The molecule has 0 radical (unpaired) electrons. The molecule has 3 heterocycles. The summed E-state index contributed by atoms with van der Waals surface area (Å²) in [6.45, 7) is 4.42. The van der Waals surface area contributed by atoms with Crippen LogP contribution in [0.15, 0.2) is 58.3 Å². The van der Waals surface area contributed by atoms with Crippen molar-refractivity contribution in [2.45, 2.75) is 63.0 Å². The normalized spacial score (nSPS) is 13.3. The minimum atomic E-state index is -0.548. The second-order valence-electron chi connectivity index (χ2n) is 9.52. The number of nitrogens with one attached hydrogen (secondary N) is 2. The van der Waals surface area contributed by atoms with Gasteiger partial charge in [0, 0.05) is 4.88 Å². The molecule has 1 aliphatic carbocycles. The summed E-state index contributed by atoms with van der Waals surface area (Å²) in [6, 6.07) is 13.1. The number of thioether (sulfide) groups is 1. The van der Waals surface area contributed by atoms with Gasteiger partial charge in [0.25, 0.3) is 5.91 Å². The van der Waals surface area contributed by atoms with Crippen molar-refractivity contribution in [1.82, 2.24) is 20.1 Å². The summed E-state index contributed by atoms with van der Waals surface area (Å²) < 4.78 is 12.4. The number of thiophene rings is 1. The van der Waals surface area contributed by atoms with E-state index in [1.165, 1.54) is 29.4 Å². The van der Waals surface area contributed by atoms with Crippen LogP contribution >= 0.6 is 23.1 Å². The van der Waals surface area contributed by atoms with Crippen LogP contribution in [0, 0.1) is 0 Å². The molecule has 0 bridgehead atoms. The van der Waals surface area contributed by atoms with Crippen LogP contribution in [-0.2, 0) is 35.5 Å². The molecule has 3 aromatic heterocycles. The number of fused-ring (bicyclic) bond motifs is 1. The molecule has 1 atom stereocenters. The topological polar surface area (TPSA) is 128 Å². The third-order valence-corrected chi connectivity index (χ3v) is 8.96. The van der Waals surface area contributed by atoms with Crippen molar-refractivity contribution in [1.29, 1.82) is 0 Å². The fourth-order valence-electron chi connectivity index (χ4n) is 4.61. The molecular formula is C29H31N5O5S2. The molecule has 41 heavy (non-hydrogen) atoms. The SMILES string of the molecule is CCOC(=O)c1c(NC(=O)[C@H](C)Sc2nnc(CNC(=O)c3ccco3)n2Cc2ccccc2)sc2c1CCCC2. The van der Waals surface area contributed by atoms with E-state index in [-0.39, 0.29) is 30.7 Å². The Kier molecular flexibility index (Phi) is 9.20. The standard InChI is InChI=1S/C29H31N5O5S2/c1-3-38-28(37)24-20-12-7-8-14-22(20)41-27(24)31-25(35)18(2)40-29-33-32-23(16-30-26(36)21-13-9-15-39-21)34(29)17-19-10-5-4-6-11-19/h4-6,9-11,13,15,18H,3,7-8,12,14,16-17H2,1-2H3,(H,30,36)(H,31,35)/t18-/m0/s1. The van der Waals surface area contributed by atoms with E-state index in [9.17, 15) is 14.4 Å². The fourth-order valence-corrected chi connectivity index (χ4v) is 6.76. The van der Waals surface area contributed by atoms with Crippen LogP contribution in [0.5, 0.6) is 0 Å². The number of esters is 1. The molecule has 10 nitrogen and oxygen atoms in total. The van der Waals surface area contributed by atoms with Crippen molar-refractivity contribution in [3.8, 4) is 0 Å². The first kappa shape index (κ1) is 28.6. The van der Waals surface area contributed by atoms with Gasteiger partial charge in [-0.1, -0.05) is 42.1 Å². The van der Waals surface area contributed by atoms with E-state index in [1.54, 1.807) is 26.0 Å². The summed E-state index contributed by atoms with van der Waals surface area (Å²) >= 11 is 2.73. The van der Waals surface area contributed by atoms with Gasteiger partial charge >= 0.3 is 5.97 Å². The van der Waals surface area contributed by atoms with Crippen molar-refractivity contribution in [2.24, 2.45) is 0 Å². The predicted molar refractivity (Wildman–Crippen MR) is 156 cm³/mol. The lowest BCUT2D eigenvalue weighted by molar-refractivity contribution is -0.115. The first-order valence-corrected chi connectivity index (χ1v) is 15.2. The smallest absolute Gasteiger partial charge is 0.341 e. The highest BCUT2D eigenvalue weighted by atomic mass is 32.2.